The van der Waals surface area contributed by atoms with E-state index in [0.717, 1.165) is 17.1 Å². The summed E-state index contributed by atoms with van der Waals surface area (Å²) in [4.78, 5) is 3.97. The Bertz CT molecular complexity index is 914. The Morgan fingerprint density at radius 1 is 0.962 bits per heavy atom. The molecular weight excluding hydrogens is 368 g/mol. The number of sulfone groups is 1. The topological polar surface area (TPSA) is 49.9 Å². The molecule has 2 saturated heterocycles. The molecule has 0 radical (unpaired) electrons. The number of ether oxygens (including phenoxy) is 1. The largest absolute Gasteiger partial charge is 0.494 e. The van der Waals surface area contributed by atoms with Crippen LogP contribution in [0.4, 0.5) is 11.4 Å². The van der Waals surface area contributed by atoms with Crippen LogP contribution in [0.1, 0.15) is 6.92 Å². The zero-order chi connectivity index (χ0) is 18.3. The Hall–Kier alpha value is -2.12. The Kier molecular flexibility index (Phi) is 4.36. The number of nitrogens with zero attached hydrogens (tertiary/aromatic N) is 2. The average molecular weight is 389 g/mol. The normalized spacial score (nSPS) is 24.0. The zero-order valence-corrected chi connectivity index (χ0v) is 16.0. The van der Waals surface area contributed by atoms with E-state index in [-0.39, 0.29) is 23.6 Å². The SMILES string of the molecule is CCOc1ccc(N2C(=S)N(c3ccccc3)[C@H]3CS(=O)(=O)C[C@H]32)cc1. The summed E-state index contributed by atoms with van der Waals surface area (Å²) in [5, 5.41) is 0.644. The van der Waals surface area contributed by atoms with E-state index in [1.165, 1.54) is 0 Å². The molecule has 4 rings (SSSR count). The highest BCUT2D eigenvalue weighted by Crippen LogP contribution is 2.38. The zero-order valence-electron chi connectivity index (χ0n) is 14.4. The van der Waals surface area contributed by atoms with Crippen LogP contribution in [-0.4, -0.2) is 43.7 Å². The molecule has 0 bridgehead atoms. The first-order chi connectivity index (χ1) is 12.5. The fourth-order valence-corrected chi connectivity index (χ4v) is 6.17. The van der Waals surface area contributed by atoms with Crippen LogP contribution in [0.5, 0.6) is 5.75 Å². The molecule has 0 spiro atoms. The Morgan fingerprint density at radius 2 is 1.50 bits per heavy atom. The number of hydrogen-bond acceptors (Lipinski definition) is 4. The second kappa shape index (κ2) is 6.55. The van der Waals surface area contributed by atoms with E-state index in [4.69, 9.17) is 17.0 Å². The summed E-state index contributed by atoms with van der Waals surface area (Å²) in [6, 6.07) is 17.1. The number of para-hydroxylation sites is 1. The van der Waals surface area contributed by atoms with Crippen LogP contribution < -0.4 is 14.5 Å². The molecule has 26 heavy (non-hydrogen) atoms. The van der Waals surface area contributed by atoms with Gasteiger partial charge < -0.3 is 14.5 Å². The molecule has 2 aliphatic rings. The van der Waals surface area contributed by atoms with Crippen LogP contribution in [0.2, 0.25) is 0 Å². The van der Waals surface area contributed by atoms with Gasteiger partial charge in [0.25, 0.3) is 0 Å². The lowest BCUT2D eigenvalue weighted by Gasteiger charge is -2.25. The van der Waals surface area contributed by atoms with E-state index >= 15 is 0 Å². The minimum absolute atomic E-state index is 0.119. The summed E-state index contributed by atoms with van der Waals surface area (Å²) in [5.74, 6) is 1.03. The Morgan fingerprint density at radius 3 is 2.04 bits per heavy atom. The van der Waals surface area contributed by atoms with Crippen molar-refractivity contribution < 1.29 is 13.2 Å². The molecule has 7 heteroatoms. The summed E-state index contributed by atoms with van der Waals surface area (Å²) < 4.78 is 30.2. The molecule has 2 fully saturated rings. The standard InChI is InChI=1S/C19H20N2O3S2/c1-2-24-16-10-8-15(9-11-16)21-18-13-26(22,23)12-17(18)20(19(21)25)14-6-4-3-5-7-14/h3-11,17-18H,2,12-13H2,1H3/t17-,18+/m0/s1. The summed E-state index contributed by atoms with van der Waals surface area (Å²) in [5.41, 5.74) is 1.82. The smallest absolute Gasteiger partial charge is 0.181 e. The maximum absolute atomic E-state index is 12.3. The summed E-state index contributed by atoms with van der Waals surface area (Å²) >= 11 is 5.77. The number of rotatable bonds is 4. The second-order valence-corrected chi connectivity index (χ2v) is 9.02. The lowest BCUT2D eigenvalue weighted by Crippen LogP contribution is -2.37. The highest BCUT2D eigenvalue weighted by molar-refractivity contribution is 7.91. The third-order valence-corrected chi connectivity index (χ3v) is 6.92. The first-order valence-electron chi connectivity index (χ1n) is 8.61. The van der Waals surface area contributed by atoms with Crippen molar-refractivity contribution in [1.29, 1.82) is 0 Å². The number of fused-ring (bicyclic) bond motifs is 1. The highest BCUT2D eigenvalue weighted by atomic mass is 32.2. The van der Waals surface area contributed by atoms with Gasteiger partial charge in [-0.3, -0.25) is 0 Å². The molecule has 2 aliphatic heterocycles. The lowest BCUT2D eigenvalue weighted by atomic mass is 10.1. The molecule has 0 N–H and O–H groups in total. The highest BCUT2D eigenvalue weighted by Gasteiger charge is 2.52. The van der Waals surface area contributed by atoms with Crippen molar-refractivity contribution in [2.45, 2.75) is 19.0 Å². The number of hydrogen-bond donors (Lipinski definition) is 0. The third kappa shape index (κ3) is 2.95. The van der Waals surface area contributed by atoms with Crippen LogP contribution in [-0.2, 0) is 9.84 Å². The van der Waals surface area contributed by atoms with Crippen LogP contribution in [0.15, 0.2) is 54.6 Å². The van der Waals surface area contributed by atoms with Gasteiger partial charge in [-0.25, -0.2) is 8.42 Å². The van der Waals surface area contributed by atoms with Gasteiger partial charge in [0.05, 0.1) is 30.2 Å². The number of anilines is 2. The van der Waals surface area contributed by atoms with Gasteiger partial charge in [-0.2, -0.15) is 0 Å². The van der Waals surface area contributed by atoms with Gasteiger partial charge in [-0.15, -0.1) is 0 Å². The van der Waals surface area contributed by atoms with Crippen molar-refractivity contribution in [3.63, 3.8) is 0 Å². The van der Waals surface area contributed by atoms with Crippen LogP contribution in [0, 0.1) is 0 Å². The monoisotopic (exact) mass is 388 g/mol. The second-order valence-electron chi connectivity index (χ2n) is 6.50. The van der Waals surface area contributed by atoms with Crippen molar-refractivity contribution >= 4 is 38.5 Å². The van der Waals surface area contributed by atoms with Crippen molar-refractivity contribution in [3.05, 3.63) is 54.6 Å². The van der Waals surface area contributed by atoms with E-state index in [9.17, 15) is 8.42 Å². The minimum Gasteiger partial charge on any atom is -0.494 e. The van der Waals surface area contributed by atoms with E-state index < -0.39 is 9.84 Å². The molecule has 0 aliphatic carbocycles. The summed E-state index contributed by atoms with van der Waals surface area (Å²) in [6.07, 6.45) is 0. The van der Waals surface area contributed by atoms with E-state index in [1.54, 1.807) is 0 Å². The maximum atomic E-state index is 12.3. The molecule has 5 nitrogen and oxygen atoms in total. The molecule has 2 aromatic carbocycles. The first kappa shape index (κ1) is 17.3. The van der Waals surface area contributed by atoms with E-state index in [0.29, 0.717) is 11.7 Å². The lowest BCUT2D eigenvalue weighted by molar-refractivity contribution is 0.340. The number of thiocarbonyl (C=S) groups is 1. The third-order valence-electron chi connectivity index (χ3n) is 4.83. The molecule has 136 valence electrons. The van der Waals surface area contributed by atoms with Crippen molar-refractivity contribution in [2.75, 3.05) is 27.9 Å². The van der Waals surface area contributed by atoms with Crippen molar-refractivity contribution in [3.8, 4) is 5.75 Å². The molecule has 2 atom stereocenters. The van der Waals surface area contributed by atoms with Crippen LogP contribution in [0.3, 0.4) is 0 Å². The molecule has 2 aromatic rings. The molecule has 2 heterocycles. The van der Waals surface area contributed by atoms with Gasteiger partial charge in [-0.1, -0.05) is 18.2 Å². The maximum Gasteiger partial charge on any atom is 0.181 e. The summed E-state index contributed by atoms with van der Waals surface area (Å²) in [7, 11) is -3.10. The molecular formula is C19H20N2O3S2. The van der Waals surface area contributed by atoms with Gasteiger partial charge in [0, 0.05) is 11.4 Å². The average Bonchev–Trinajstić information content (AvgIpc) is 3.05. The summed E-state index contributed by atoms with van der Waals surface area (Å²) in [6.45, 7) is 2.54. The van der Waals surface area contributed by atoms with Crippen molar-refractivity contribution in [2.24, 2.45) is 0 Å². The van der Waals surface area contributed by atoms with Gasteiger partial charge in [0.1, 0.15) is 5.75 Å². The molecule has 0 unspecified atom stereocenters. The van der Waals surface area contributed by atoms with Gasteiger partial charge in [0.15, 0.2) is 14.9 Å². The first-order valence-corrected chi connectivity index (χ1v) is 10.8. The fourth-order valence-electron chi connectivity index (χ4n) is 3.77. The molecule has 0 amide bonds. The quantitative estimate of drug-likeness (QED) is 0.751. The van der Waals surface area contributed by atoms with Gasteiger partial charge in [-0.05, 0) is 55.5 Å². The Labute approximate surface area is 159 Å². The van der Waals surface area contributed by atoms with Crippen LogP contribution in [0.25, 0.3) is 0 Å². The van der Waals surface area contributed by atoms with Crippen molar-refractivity contribution in [1.82, 2.24) is 0 Å². The van der Waals surface area contributed by atoms with E-state index in [1.807, 2.05) is 71.3 Å². The predicted octanol–water partition coefficient (Wildman–Crippen LogP) is 2.86. The molecule has 0 saturated carbocycles. The number of benzene rings is 2. The predicted molar refractivity (Wildman–Crippen MR) is 108 cm³/mol. The minimum atomic E-state index is -3.10. The van der Waals surface area contributed by atoms with E-state index in [2.05, 4.69) is 0 Å². The molecule has 0 aromatic heterocycles. The Balaban J connectivity index is 1.73. The van der Waals surface area contributed by atoms with Crippen LogP contribution >= 0.6 is 12.2 Å². The van der Waals surface area contributed by atoms with Gasteiger partial charge in [0.2, 0.25) is 0 Å². The van der Waals surface area contributed by atoms with Gasteiger partial charge >= 0.3 is 0 Å². The fraction of sp³-hybridized carbons (Fsp3) is 0.316.